The van der Waals surface area contributed by atoms with E-state index in [1.54, 1.807) is 0 Å². The Balaban J connectivity index is 3.29. The van der Waals surface area contributed by atoms with Gasteiger partial charge in [-0.25, -0.2) is 9.18 Å². The number of carbonyl (C=O) groups excluding carboxylic acids is 1. The molecule has 0 aromatic heterocycles. The molecular formula is C8H5FNO4. The summed E-state index contributed by atoms with van der Waals surface area (Å²) < 4.78 is 16.9. The molecule has 0 saturated heterocycles. The van der Waals surface area contributed by atoms with E-state index >= 15 is 0 Å². The number of halogens is 1. The first-order valence-electron chi connectivity index (χ1n) is 3.50. The van der Waals surface area contributed by atoms with Crippen molar-refractivity contribution in [3.05, 3.63) is 39.7 Å². The molecule has 1 radical (unpaired) electrons. The highest BCUT2D eigenvalue weighted by Gasteiger charge is 2.21. The molecule has 0 aliphatic carbocycles. The number of carbonyl (C=O) groups is 1. The number of hydrogen-bond donors (Lipinski definition) is 0. The number of rotatable bonds is 2. The van der Waals surface area contributed by atoms with Gasteiger partial charge in [0.1, 0.15) is 11.4 Å². The molecular weight excluding hydrogens is 193 g/mol. The fraction of sp³-hybridized carbons (Fsp3) is 0.125. The highest BCUT2D eigenvalue weighted by Crippen LogP contribution is 2.19. The highest BCUT2D eigenvalue weighted by molar-refractivity contribution is 5.93. The summed E-state index contributed by atoms with van der Waals surface area (Å²) in [5.41, 5.74) is -0.952. The monoisotopic (exact) mass is 198 g/mol. The second-order valence-corrected chi connectivity index (χ2v) is 2.33. The summed E-state index contributed by atoms with van der Waals surface area (Å²) in [7, 11) is 1.06. The van der Waals surface area contributed by atoms with Gasteiger partial charge in [0, 0.05) is 12.1 Å². The summed E-state index contributed by atoms with van der Waals surface area (Å²) in [6, 6.07) is 3.49. The molecule has 1 aromatic rings. The second kappa shape index (κ2) is 3.82. The van der Waals surface area contributed by atoms with Gasteiger partial charge in [0.05, 0.1) is 12.0 Å². The SMILES string of the molecule is COC(=O)c1cc(F)[c]cc1[N+](=O)[O-]. The van der Waals surface area contributed by atoms with Crippen molar-refractivity contribution in [2.24, 2.45) is 0 Å². The van der Waals surface area contributed by atoms with Gasteiger partial charge < -0.3 is 4.74 Å². The van der Waals surface area contributed by atoms with E-state index in [1.807, 2.05) is 6.07 Å². The third-order valence-corrected chi connectivity index (χ3v) is 1.50. The van der Waals surface area contributed by atoms with Crippen molar-refractivity contribution in [3.8, 4) is 0 Å². The molecule has 1 aromatic carbocycles. The number of hydrogen-bond acceptors (Lipinski definition) is 4. The molecule has 0 unspecified atom stereocenters. The molecule has 6 heteroatoms. The average Bonchev–Trinajstić information content (AvgIpc) is 2.16. The van der Waals surface area contributed by atoms with Crippen LogP contribution in [0.1, 0.15) is 10.4 Å². The van der Waals surface area contributed by atoms with Gasteiger partial charge in [-0.05, 0) is 6.07 Å². The largest absolute Gasteiger partial charge is 0.465 e. The van der Waals surface area contributed by atoms with Gasteiger partial charge >= 0.3 is 5.97 Å². The number of benzene rings is 1. The van der Waals surface area contributed by atoms with Crippen LogP contribution in [0.15, 0.2) is 12.1 Å². The normalized spacial score (nSPS) is 9.57. The molecule has 0 amide bonds. The third-order valence-electron chi connectivity index (χ3n) is 1.50. The maximum atomic E-state index is 12.6. The summed E-state index contributed by atoms with van der Waals surface area (Å²) in [5.74, 6) is -1.80. The fourth-order valence-corrected chi connectivity index (χ4v) is 0.882. The van der Waals surface area contributed by atoms with Crippen LogP contribution in [0.3, 0.4) is 0 Å². The summed E-state index contributed by atoms with van der Waals surface area (Å²) in [6.07, 6.45) is 0. The first-order valence-corrected chi connectivity index (χ1v) is 3.50. The van der Waals surface area contributed by atoms with Crippen molar-refractivity contribution in [1.82, 2.24) is 0 Å². The van der Waals surface area contributed by atoms with E-state index in [4.69, 9.17) is 0 Å². The number of nitro groups is 1. The lowest BCUT2D eigenvalue weighted by Gasteiger charge is -1.99. The van der Waals surface area contributed by atoms with Crippen LogP contribution < -0.4 is 0 Å². The van der Waals surface area contributed by atoms with Crippen molar-refractivity contribution in [1.29, 1.82) is 0 Å². The summed E-state index contributed by atoms with van der Waals surface area (Å²) in [5, 5.41) is 10.4. The molecule has 0 bridgehead atoms. The molecule has 0 fully saturated rings. The van der Waals surface area contributed by atoms with Gasteiger partial charge in [-0.3, -0.25) is 10.1 Å². The lowest BCUT2D eigenvalue weighted by Crippen LogP contribution is -2.06. The van der Waals surface area contributed by atoms with E-state index in [0.717, 1.165) is 13.2 Å². The zero-order valence-electron chi connectivity index (χ0n) is 7.11. The Morgan fingerprint density at radius 1 is 1.71 bits per heavy atom. The van der Waals surface area contributed by atoms with Crippen LogP contribution >= 0.6 is 0 Å². The van der Waals surface area contributed by atoms with Gasteiger partial charge in [-0.1, -0.05) is 0 Å². The van der Waals surface area contributed by atoms with Crippen LogP contribution in [-0.4, -0.2) is 18.0 Å². The molecule has 1 rings (SSSR count). The molecule has 0 aliphatic heterocycles. The van der Waals surface area contributed by atoms with Crippen LogP contribution in [0.4, 0.5) is 10.1 Å². The molecule has 14 heavy (non-hydrogen) atoms. The molecule has 0 atom stereocenters. The van der Waals surface area contributed by atoms with E-state index < -0.39 is 28.0 Å². The molecule has 0 aliphatic rings. The van der Waals surface area contributed by atoms with Crippen LogP contribution in [0.25, 0.3) is 0 Å². The van der Waals surface area contributed by atoms with Crippen LogP contribution in [0.5, 0.6) is 0 Å². The Hall–Kier alpha value is -1.98. The maximum Gasteiger partial charge on any atom is 0.344 e. The predicted molar refractivity (Wildman–Crippen MR) is 43.2 cm³/mol. The van der Waals surface area contributed by atoms with E-state index in [-0.39, 0.29) is 0 Å². The topological polar surface area (TPSA) is 69.4 Å². The van der Waals surface area contributed by atoms with Gasteiger partial charge in [0.15, 0.2) is 0 Å². The van der Waals surface area contributed by atoms with Gasteiger partial charge in [0.2, 0.25) is 0 Å². The molecule has 5 nitrogen and oxygen atoms in total. The fourth-order valence-electron chi connectivity index (χ4n) is 0.882. The molecule has 73 valence electrons. The zero-order chi connectivity index (χ0) is 10.7. The highest BCUT2D eigenvalue weighted by atomic mass is 19.1. The molecule has 0 saturated carbocycles. The Labute approximate surface area is 78.3 Å². The Morgan fingerprint density at radius 2 is 2.36 bits per heavy atom. The van der Waals surface area contributed by atoms with E-state index in [2.05, 4.69) is 4.74 Å². The Morgan fingerprint density at radius 3 is 2.86 bits per heavy atom. The maximum absolute atomic E-state index is 12.6. The number of methoxy groups -OCH3 is 1. The first-order chi connectivity index (χ1) is 6.56. The lowest BCUT2D eigenvalue weighted by molar-refractivity contribution is -0.385. The Bertz CT molecular complexity index is 391. The summed E-state index contributed by atoms with van der Waals surface area (Å²) in [6.45, 7) is 0. The van der Waals surface area contributed by atoms with Crippen LogP contribution in [0, 0.1) is 22.0 Å². The Kier molecular flexibility index (Phi) is 2.76. The first kappa shape index (κ1) is 10.1. The van der Waals surface area contributed by atoms with Crippen LogP contribution in [-0.2, 0) is 4.74 Å². The third kappa shape index (κ3) is 1.85. The van der Waals surface area contributed by atoms with E-state index in [9.17, 15) is 19.3 Å². The van der Waals surface area contributed by atoms with E-state index in [0.29, 0.717) is 6.07 Å². The molecule has 0 spiro atoms. The second-order valence-electron chi connectivity index (χ2n) is 2.33. The van der Waals surface area contributed by atoms with Gasteiger partial charge in [0.25, 0.3) is 5.69 Å². The lowest BCUT2D eigenvalue weighted by atomic mass is 10.2. The number of esters is 1. The smallest absolute Gasteiger partial charge is 0.344 e. The molecule has 0 heterocycles. The summed E-state index contributed by atoms with van der Waals surface area (Å²) >= 11 is 0. The quantitative estimate of drug-likeness (QED) is 0.408. The van der Waals surface area contributed by atoms with Crippen molar-refractivity contribution in [2.45, 2.75) is 0 Å². The molecule has 0 N–H and O–H groups in total. The minimum absolute atomic E-state index is 0.422. The number of nitrogens with zero attached hydrogens (tertiary/aromatic N) is 1. The average molecular weight is 198 g/mol. The minimum Gasteiger partial charge on any atom is -0.465 e. The predicted octanol–water partition coefficient (Wildman–Crippen LogP) is 1.32. The van der Waals surface area contributed by atoms with Crippen LogP contribution in [0.2, 0.25) is 0 Å². The minimum atomic E-state index is -0.954. The van der Waals surface area contributed by atoms with Gasteiger partial charge in [-0.2, -0.15) is 0 Å². The summed E-state index contributed by atoms with van der Waals surface area (Å²) in [4.78, 5) is 20.6. The van der Waals surface area contributed by atoms with E-state index in [1.165, 1.54) is 0 Å². The zero-order valence-corrected chi connectivity index (χ0v) is 7.11. The van der Waals surface area contributed by atoms with Crippen molar-refractivity contribution >= 4 is 11.7 Å². The van der Waals surface area contributed by atoms with Crippen molar-refractivity contribution < 1.29 is 18.8 Å². The van der Waals surface area contributed by atoms with Crippen molar-refractivity contribution in [2.75, 3.05) is 7.11 Å². The number of nitro benzene ring substituents is 1. The standard InChI is InChI=1S/C8H5FNO4/c1-14-8(11)6-4-5(9)2-3-7(6)10(12)13/h3-4H,1H3. The van der Waals surface area contributed by atoms with Crippen molar-refractivity contribution in [3.63, 3.8) is 0 Å². The van der Waals surface area contributed by atoms with Gasteiger partial charge in [-0.15, -0.1) is 0 Å². The number of ether oxygens (including phenoxy) is 1.